The zero-order valence-electron chi connectivity index (χ0n) is 13.5. The standard InChI is InChI=1S/C20H19NO2/c1-14-7-12-18-16(13-14)9-11-17(21-18)10-8-15-5-4-6-19(22-2)20(15)23-3/h4-13H,1-3H3/b10-8+. The number of rotatable bonds is 4. The van der Waals surface area contributed by atoms with Gasteiger partial charge < -0.3 is 9.47 Å². The molecule has 1 aromatic heterocycles. The van der Waals surface area contributed by atoms with E-state index in [9.17, 15) is 0 Å². The minimum Gasteiger partial charge on any atom is -0.493 e. The van der Waals surface area contributed by atoms with E-state index in [4.69, 9.17) is 9.47 Å². The highest BCUT2D eigenvalue weighted by molar-refractivity contribution is 5.82. The van der Waals surface area contributed by atoms with E-state index in [1.54, 1.807) is 14.2 Å². The number of methoxy groups -OCH3 is 2. The lowest BCUT2D eigenvalue weighted by atomic mass is 10.1. The molecule has 116 valence electrons. The lowest BCUT2D eigenvalue weighted by Crippen LogP contribution is -1.92. The molecule has 0 aliphatic rings. The molecule has 0 radical (unpaired) electrons. The first-order valence-corrected chi connectivity index (χ1v) is 7.48. The SMILES string of the molecule is COc1cccc(/C=C/c2ccc3cc(C)ccc3n2)c1OC. The van der Waals surface area contributed by atoms with Crippen LogP contribution in [0.3, 0.4) is 0 Å². The largest absolute Gasteiger partial charge is 0.493 e. The van der Waals surface area contributed by atoms with Gasteiger partial charge in [-0.1, -0.05) is 29.8 Å². The molecule has 0 N–H and O–H groups in total. The lowest BCUT2D eigenvalue weighted by Gasteiger charge is -2.09. The number of aryl methyl sites for hydroxylation is 1. The smallest absolute Gasteiger partial charge is 0.167 e. The molecular weight excluding hydrogens is 286 g/mol. The van der Waals surface area contributed by atoms with Crippen LogP contribution in [-0.4, -0.2) is 19.2 Å². The van der Waals surface area contributed by atoms with Gasteiger partial charge >= 0.3 is 0 Å². The van der Waals surface area contributed by atoms with Crippen molar-refractivity contribution in [2.24, 2.45) is 0 Å². The quantitative estimate of drug-likeness (QED) is 0.698. The normalized spacial score (nSPS) is 11.1. The van der Waals surface area contributed by atoms with Gasteiger partial charge in [-0.3, -0.25) is 0 Å². The maximum atomic E-state index is 5.44. The van der Waals surface area contributed by atoms with Crippen molar-refractivity contribution >= 4 is 23.1 Å². The summed E-state index contributed by atoms with van der Waals surface area (Å²) in [6.45, 7) is 2.09. The molecule has 0 saturated carbocycles. The predicted octanol–water partition coefficient (Wildman–Crippen LogP) is 4.73. The van der Waals surface area contributed by atoms with Gasteiger partial charge in [0.2, 0.25) is 0 Å². The van der Waals surface area contributed by atoms with E-state index in [1.807, 2.05) is 42.5 Å². The summed E-state index contributed by atoms with van der Waals surface area (Å²) in [5.41, 5.74) is 4.10. The average molecular weight is 305 g/mol. The summed E-state index contributed by atoms with van der Waals surface area (Å²) in [6.07, 6.45) is 3.97. The average Bonchev–Trinajstić information content (AvgIpc) is 2.59. The van der Waals surface area contributed by atoms with Crippen LogP contribution in [0.25, 0.3) is 23.1 Å². The first-order chi connectivity index (χ1) is 11.2. The molecule has 2 aromatic carbocycles. The number of hydrogen-bond acceptors (Lipinski definition) is 3. The number of nitrogens with zero attached hydrogens (tertiary/aromatic N) is 1. The number of benzene rings is 2. The van der Waals surface area contributed by atoms with Crippen LogP contribution in [-0.2, 0) is 0 Å². The molecule has 0 unspecified atom stereocenters. The Kier molecular flexibility index (Phi) is 4.29. The molecule has 3 rings (SSSR count). The zero-order chi connectivity index (χ0) is 16.2. The van der Waals surface area contributed by atoms with Crippen molar-refractivity contribution < 1.29 is 9.47 Å². The number of aromatic nitrogens is 1. The van der Waals surface area contributed by atoms with Crippen LogP contribution in [0.2, 0.25) is 0 Å². The fourth-order valence-corrected chi connectivity index (χ4v) is 2.57. The third-order valence-electron chi connectivity index (χ3n) is 3.73. The van der Waals surface area contributed by atoms with Gasteiger partial charge in [0, 0.05) is 10.9 Å². The van der Waals surface area contributed by atoms with E-state index < -0.39 is 0 Å². The number of fused-ring (bicyclic) bond motifs is 1. The second-order valence-corrected chi connectivity index (χ2v) is 5.35. The van der Waals surface area contributed by atoms with E-state index in [0.29, 0.717) is 0 Å². The van der Waals surface area contributed by atoms with Crippen molar-refractivity contribution in [3.8, 4) is 11.5 Å². The van der Waals surface area contributed by atoms with Gasteiger partial charge in [0.05, 0.1) is 25.4 Å². The van der Waals surface area contributed by atoms with Crippen molar-refractivity contribution in [3.63, 3.8) is 0 Å². The highest BCUT2D eigenvalue weighted by Crippen LogP contribution is 2.31. The van der Waals surface area contributed by atoms with Crippen molar-refractivity contribution in [2.45, 2.75) is 6.92 Å². The van der Waals surface area contributed by atoms with Crippen molar-refractivity contribution in [1.29, 1.82) is 0 Å². The zero-order valence-corrected chi connectivity index (χ0v) is 13.5. The second kappa shape index (κ2) is 6.53. The van der Waals surface area contributed by atoms with Gasteiger partial charge in [-0.25, -0.2) is 4.98 Å². The predicted molar refractivity (Wildman–Crippen MR) is 95.0 cm³/mol. The fraction of sp³-hybridized carbons (Fsp3) is 0.150. The molecule has 0 atom stereocenters. The third-order valence-corrected chi connectivity index (χ3v) is 3.73. The van der Waals surface area contributed by atoms with Gasteiger partial charge in [-0.05, 0) is 43.3 Å². The molecule has 0 aliphatic carbocycles. The number of para-hydroxylation sites is 1. The van der Waals surface area contributed by atoms with Crippen molar-refractivity contribution in [3.05, 3.63) is 65.4 Å². The summed E-state index contributed by atoms with van der Waals surface area (Å²) < 4.78 is 10.8. The third kappa shape index (κ3) is 3.19. The monoisotopic (exact) mass is 305 g/mol. The summed E-state index contributed by atoms with van der Waals surface area (Å²) in [4.78, 5) is 4.67. The number of ether oxygens (including phenoxy) is 2. The van der Waals surface area contributed by atoms with Crippen LogP contribution in [0.4, 0.5) is 0 Å². The highest BCUT2D eigenvalue weighted by atomic mass is 16.5. The molecule has 3 nitrogen and oxygen atoms in total. The molecule has 0 spiro atoms. The van der Waals surface area contributed by atoms with Crippen LogP contribution < -0.4 is 9.47 Å². The molecule has 1 heterocycles. The van der Waals surface area contributed by atoms with E-state index in [1.165, 1.54) is 5.56 Å². The van der Waals surface area contributed by atoms with E-state index >= 15 is 0 Å². The second-order valence-electron chi connectivity index (χ2n) is 5.35. The topological polar surface area (TPSA) is 31.4 Å². The Balaban J connectivity index is 1.95. The Morgan fingerprint density at radius 3 is 2.57 bits per heavy atom. The Labute approximate surface area is 136 Å². The van der Waals surface area contributed by atoms with Crippen LogP contribution in [0, 0.1) is 6.92 Å². The van der Waals surface area contributed by atoms with E-state index in [0.717, 1.165) is 33.7 Å². The summed E-state index contributed by atoms with van der Waals surface area (Å²) >= 11 is 0. The fourth-order valence-electron chi connectivity index (χ4n) is 2.57. The summed E-state index contributed by atoms with van der Waals surface area (Å²) in [7, 11) is 3.28. The first kappa shape index (κ1) is 15.1. The van der Waals surface area contributed by atoms with Crippen LogP contribution in [0.1, 0.15) is 16.8 Å². The summed E-state index contributed by atoms with van der Waals surface area (Å²) in [5, 5.41) is 1.15. The highest BCUT2D eigenvalue weighted by Gasteiger charge is 2.06. The van der Waals surface area contributed by atoms with Gasteiger partial charge in [0.25, 0.3) is 0 Å². The molecule has 0 saturated heterocycles. The maximum Gasteiger partial charge on any atom is 0.167 e. The minimum absolute atomic E-state index is 0.719. The van der Waals surface area contributed by atoms with Gasteiger partial charge in [-0.15, -0.1) is 0 Å². The molecule has 3 aromatic rings. The van der Waals surface area contributed by atoms with Crippen LogP contribution >= 0.6 is 0 Å². The molecule has 23 heavy (non-hydrogen) atoms. The summed E-state index contributed by atoms with van der Waals surface area (Å²) in [5.74, 6) is 1.44. The molecule has 0 aliphatic heterocycles. The van der Waals surface area contributed by atoms with Crippen LogP contribution in [0.5, 0.6) is 11.5 Å². The van der Waals surface area contributed by atoms with Crippen LogP contribution in [0.15, 0.2) is 48.5 Å². The minimum atomic E-state index is 0.719. The van der Waals surface area contributed by atoms with Gasteiger partial charge in [-0.2, -0.15) is 0 Å². The summed E-state index contributed by atoms with van der Waals surface area (Å²) in [6, 6.07) is 16.2. The van der Waals surface area contributed by atoms with E-state index in [-0.39, 0.29) is 0 Å². The molecule has 0 fully saturated rings. The van der Waals surface area contributed by atoms with Crippen molar-refractivity contribution in [2.75, 3.05) is 14.2 Å². The first-order valence-electron chi connectivity index (χ1n) is 7.48. The Morgan fingerprint density at radius 2 is 1.78 bits per heavy atom. The van der Waals surface area contributed by atoms with Gasteiger partial charge in [0.15, 0.2) is 11.5 Å². The van der Waals surface area contributed by atoms with Crippen molar-refractivity contribution in [1.82, 2.24) is 4.98 Å². The lowest BCUT2D eigenvalue weighted by molar-refractivity contribution is 0.354. The van der Waals surface area contributed by atoms with Gasteiger partial charge in [0.1, 0.15) is 0 Å². The Hall–Kier alpha value is -2.81. The molecule has 3 heteroatoms. The molecule has 0 bridgehead atoms. The number of pyridine rings is 1. The Bertz CT molecular complexity index is 869. The Morgan fingerprint density at radius 1 is 0.913 bits per heavy atom. The molecule has 0 amide bonds. The number of hydrogen-bond donors (Lipinski definition) is 0. The molecular formula is C20H19NO2. The maximum absolute atomic E-state index is 5.44. The van der Waals surface area contributed by atoms with E-state index in [2.05, 4.69) is 30.1 Å².